The number of ether oxygens (including phenoxy) is 2. The largest absolute Gasteiger partial charge is 0.350 e. The molecule has 1 aromatic rings. The summed E-state index contributed by atoms with van der Waals surface area (Å²) in [7, 11) is 0. The minimum Gasteiger partial charge on any atom is -0.350 e. The molecule has 19 heavy (non-hydrogen) atoms. The average molecular weight is 258 g/mol. The van der Waals surface area contributed by atoms with Crippen LogP contribution in [0.25, 0.3) is 6.08 Å². The van der Waals surface area contributed by atoms with Crippen molar-refractivity contribution in [2.75, 3.05) is 13.2 Å². The molecule has 3 aliphatic heterocycles. The molecule has 0 atom stereocenters. The van der Waals surface area contributed by atoms with Gasteiger partial charge in [-0.15, -0.1) is 0 Å². The van der Waals surface area contributed by atoms with E-state index in [4.69, 9.17) is 9.47 Å². The molecule has 0 saturated carbocycles. The maximum absolute atomic E-state index is 5.94. The van der Waals surface area contributed by atoms with E-state index in [-0.39, 0.29) is 11.2 Å². The molecule has 0 aliphatic carbocycles. The maximum Gasteiger partial charge on any atom is 0.165 e. The molecule has 2 nitrogen and oxygen atoms in total. The SMILES string of the molecule is CC12CCCC(C/C=C/c3ccccc3)(CO1)CO2. The standard InChI is InChI=1S/C17H22O2/c1-16-10-6-12-17(13-18-16,14-19-16)11-5-9-15-7-3-2-4-8-15/h2-5,7-9H,6,10-14H2,1H3/b9-5+. The van der Waals surface area contributed by atoms with Gasteiger partial charge in [-0.25, -0.2) is 0 Å². The number of allylic oxidation sites excluding steroid dienone is 1. The summed E-state index contributed by atoms with van der Waals surface area (Å²) >= 11 is 0. The van der Waals surface area contributed by atoms with Gasteiger partial charge in [-0.2, -0.15) is 0 Å². The third kappa shape index (κ3) is 2.90. The summed E-state index contributed by atoms with van der Waals surface area (Å²) in [6, 6.07) is 10.5. The number of hydrogen-bond donors (Lipinski definition) is 0. The van der Waals surface area contributed by atoms with Gasteiger partial charge in [-0.3, -0.25) is 0 Å². The summed E-state index contributed by atoms with van der Waals surface area (Å²) in [6.07, 6.45) is 8.95. The van der Waals surface area contributed by atoms with E-state index in [1.54, 1.807) is 0 Å². The molecular formula is C17H22O2. The Bertz CT molecular complexity index is 442. The van der Waals surface area contributed by atoms with Gasteiger partial charge in [0.15, 0.2) is 5.79 Å². The lowest BCUT2D eigenvalue weighted by atomic mass is 9.81. The van der Waals surface area contributed by atoms with Crippen molar-refractivity contribution in [1.82, 2.24) is 0 Å². The molecule has 3 aliphatic rings. The lowest BCUT2D eigenvalue weighted by Crippen LogP contribution is -2.44. The first kappa shape index (κ1) is 12.9. The van der Waals surface area contributed by atoms with E-state index in [2.05, 4.69) is 43.3 Å². The van der Waals surface area contributed by atoms with Gasteiger partial charge in [0.2, 0.25) is 0 Å². The monoisotopic (exact) mass is 258 g/mol. The number of benzene rings is 1. The van der Waals surface area contributed by atoms with Crippen molar-refractivity contribution in [1.29, 1.82) is 0 Å². The summed E-state index contributed by atoms with van der Waals surface area (Å²) in [5, 5.41) is 0. The summed E-state index contributed by atoms with van der Waals surface area (Å²) in [5.41, 5.74) is 1.45. The molecule has 0 spiro atoms. The third-order valence-electron chi connectivity index (χ3n) is 4.37. The Morgan fingerprint density at radius 2 is 1.84 bits per heavy atom. The topological polar surface area (TPSA) is 18.5 Å². The predicted molar refractivity (Wildman–Crippen MR) is 76.7 cm³/mol. The smallest absolute Gasteiger partial charge is 0.165 e. The fraction of sp³-hybridized carbons (Fsp3) is 0.529. The quantitative estimate of drug-likeness (QED) is 0.815. The van der Waals surface area contributed by atoms with Gasteiger partial charge < -0.3 is 9.47 Å². The molecule has 0 N–H and O–H groups in total. The van der Waals surface area contributed by atoms with E-state index in [0.29, 0.717) is 0 Å². The van der Waals surface area contributed by atoms with Gasteiger partial charge in [0, 0.05) is 11.8 Å². The highest BCUT2D eigenvalue weighted by atomic mass is 16.7. The van der Waals surface area contributed by atoms with E-state index < -0.39 is 0 Å². The van der Waals surface area contributed by atoms with Crippen LogP contribution in [0.3, 0.4) is 0 Å². The van der Waals surface area contributed by atoms with Crippen molar-refractivity contribution in [3.63, 3.8) is 0 Å². The third-order valence-corrected chi connectivity index (χ3v) is 4.37. The highest BCUT2D eigenvalue weighted by molar-refractivity contribution is 5.48. The number of rotatable bonds is 3. The summed E-state index contributed by atoms with van der Waals surface area (Å²) < 4.78 is 11.9. The Morgan fingerprint density at radius 1 is 1.11 bits per heavy atom. The van der Waals surface area contributed by atoms with Crippen LogP contribution in [-0.2, 0) is 9.47 Å². The Labute approximate surface area is 115 Å². The molecule has 4 rings (SSSR count). The molecule has 1 aromatic carbocycles. The van der Waals surface area contributed by atoms with E-state index in [1.807, 2.05) is 6.07 Å². The molecular weight excluding hydrogens is 236 g/mol. The van der Waals surface area contributed by atoms with Crippen molar-refractivity contribution >= 4 is 6.08 Å². The van der Waals surface area contributed by atoms with Gasteiger partial charge in [-0.1, -0.05) is 42.5 Å². The second-order valence-electron chi connectivity index (χ2n) is 6.08. The Hall–Kier alpha value is -1.12. The normalized spacial score (nSPS) is 34.6. The first-order chi connectivity index (χ1) is 9.20. The predicted octanol–water partition coefficient (Wildman–Crippen LogP) is 4.02. The number of hydrogen-bond acceptors (Lipinski definition) is 2. The van der Waals surface area contributed by atoms with Crippen molar-refractivity contribution in [2.24, 2.45) is 5.41 Å². The van der Waals surface area contributed by atoms with E-state index in [1.165, 1.54) is 18.4 Å². The zero-order valence-electron chi connectivity index (χ0n) is 11.6. The van der Waals surface area contributed by atoms with Crippen LogP contribution in [0.1, 0.15) is 38.2 Å². The van der Waals surface area contributed by atoms with Crippen LogP contribution in [0.5, 0.6) is 0 Å². The fourth-order valence-electron chi connectivity index (χ4n) is 3.00. The second-order valence-corrected chi connectivity index (χ2v) is 6.08. The maximum atomic E-state index is 5.94. The fourth-order valence-corrected chi connectivity index (χ4v) is 3.00. The van der Waals surface area contributed by atoms with Gasteiger partial charge in [0.05, 0.1) is 13.2 Å². The summed E-state index contributed by atoms with van der Waals surface area (Å²) in [4.78, 5) is 0. The second kappa shape index (κ2) is 5.10. The van der Waals surface area contributed by atoms with Gasteiger partial charge in [0.1, 0.15) is 0 Å². The van der Waals surface area contributed by atoms with Crippen molar-refractivity contribution in [2.45, 2.75) is 38.4 Å². The minimum absolute atomic E-state index is 0.196. The molecule has 0 unspecified atom stereocenters. The average Bonchev–Trinajstić information content (AvgIpc) is 2.69. The minimum atomic E-state index is -0.316. The molecule has 0 aromatic heterocycles. The lowest BCUT2D eigenvalue weighted by Gasteiger charge is -2.40. The zero-order chi connectivity index (χ0) is 13.2. The van der Waals surface area contributed by atoms with Gasteiger partial charge in [0.25, 0.3) is 0 Å². The van der Waals surface area contributed by atoms with Crippen LogP contribution in [-0.4, -0.2) is 19.0 Å². The summed E-state index contributed by atoms with van der Waals surface area (Å²) in [6.45, 7) is 3.74. The molecule has 0 amide bonds. The molecule has 3 saturated heterocycles. The summed E-state index contributed by atoms with van der Waals surface area (Å²) in [5.74, 6) is -0.316. The number of fused-ring (bicyclic) bond motifs is 4. The van der Waals surface area contributed by atoms with Crippen LogP contribution in [0.4, 0.5) is 0 Å². The Kier molecular flexibility index (Phi) is 3.46. The molecule has 0 radical (unpaired) electrons. The zero-order valence-corrected chi connectivity index (χ0v) is 11.6. The van der Waals surface area contributed by atoms with Crippen LogP contribution in [0, 0.1) is 5.41 Å². The Balaban J connectivity index is 1.65. The van der Waals surface area contributed by atoms with Gasteiger partial charge in [-0.05, 0) is 31.7 Å². The van der Waals surface area contributed by atoms with Crippen molar-refractivity contribution in [3.05, 3.63) is 42.0 Å². The van der Waals surface area contributed by atoms with Gasteiger partial charge >= 0.3 is 0 Å². The van der Waals surface area contributed by atoms with Crippen molar-refractivity contribution in [3.8, 4) is 0 Å². The first-order valence-corrected chi connectivity index (χ1v) is 7.19. The van der Waals surface area contributed by atoms with E-state index >= 15 is 0 Å². The van der Waals surface area contributed by atoms with Crippen LogP contribution in [0.15, 0.2) is 36.4 Å². The van der Waals surface area contributed by atoms with E-state index in [0.717, 1.165) is 26.1 Å². The molecule has 2 heteroatoms. The van der Waals surface area contributed by atoms with E-state index in [9.17, 15) is 0 Å². The van der Waals surface area contributed by atoms with Crippen LogP contribution < -0.4 is 0 Å². The van der Waals surface area contributed by atoms with Crippen molar-refractivity contribution < 1.29 is 9.47 Å². The highest BCUT2D eigenvalue weighted by Crippen LogP contribution is 2.43. The van der Waals surface area contributed by atoms with Crippen LogP contribution >= 0.6 is 0 Å². The molecule has 3 fully saturated rings. The first-order valence-electron chi connectivity index (χ1n) is 7.19. The molecule has 2 bridgehead atoms. The van der Waals surface area contributed by atoms with Crippen LogP contribution in [0.2, 0.25) is 0 Å². The molecule has 102 valence electrons. The Morgan fingerprint density at radius 3 is 2.58 bits per heavy atom. The molecule has 3 heterocycles. The lowest BCUT2D eigenvalue weighted by molar-refractivity contribution is -0.284. The highest BCUT2D eigenvalue weighted by Gasteiger charge is 2.44.